The van der Waals surface area contributed by atoms with E-state index in [1.807, 2.05) is 54.6 Å². The maximum absolute atomic E-state index is 13.2. The molecule has 0 unspecified atom stereocenters. The van der Waals surface area contributed by atoms with Crippen LogP contribution in [0.1, 0.15) is 27.7 Å². The first-order chi connectivity index (χ1) is 16.0. The average molecular weight is 464 g/mol. The van der Waals surface area contributed by atoms with E-state index in [1.165, 1.54) is 4.31 Å². The molecule has 1 atom stereocenters. The highest BCUT2D eigenvalue weighted by Gasteiger charge is 2.36. The second-order valence-electron chi connectivity index (χ2n) is 8.09. The Morgan fingerprint density at radius 3 is 2.27 bits per heavy atom. The first kappa shape index (κ1) is 21.6. The topological polar surface area (TPSA) is 79.0 Å². The Morgan fingerprint density at radius 1 is 0.879 bits per heavy atom. The number of anilines is 1. The number of carbonyl (C=O) groups excluding carboxylic acids is 1. The van der Waals surface area contributed by atoms with Crippen LogP contribution in [0.5, 0.6) is 0 Å². The molecule has 1 amide bonds. The van der Waals surface area contributed by atoms with Crippen LogP contribution in [0.25, 0.3) is 0 Å². The van der Waals surface area contributed by atoms with Crippen molar-refractivity contribution >= 4 is 21.6 Å². The van der Waals surface area contributed by atoms with Crippen LogP contribution in [-0.2, 0) is 21.3 Å². The van der Waals surface area contributed by atoms with E-state index < -0.39 is 10.0 Å². The third kappa shape index (κ3) is 4.25. The van der Waals surface area contributed by atoms with Gasteiger partial charge in [-0.1, -0.05) is 48.5 Å². The summed E-state index contributed by atoms with van der Waals surface area (Å²) in [5.41, 5.74) is 3.36. The van der Waals surface area contributed by atoms with Gasteiger partial charge in [-0.05, 0) is 35.9 Å². The molecule has 2 aliphatic rings. The van der Waals surface area contributed by atoms with Crippen LogP contribution in [-0.4, -0.2) is 49.8 Å². The Balaban J connectivity index is 1.40. The highest BCUT2D eigenvalue weighted by molar-refractivity contribution is 7.89. The van der Waals surface area contributed by atoms with E-state index in [0.717, 1.165) is 16.8 Å². The van der Waals surface area contributed by atoms with Crippen molar-refractivity contribution in [3.05, 3.63) is 95.6 Å². The molecule has 2 aliphatic heterocycles. The zero-order chi connectivity index (χ0) is 22.8. The van der Waals surface area contributed by atoms with Crippen LogP contribution in [0.15, 0.2) is 83.8 Å². The first-order valence-electron chi connectivity index (χ1n) is 10.9. The minimum atomic E-state index is -3.55. The number of morpholine rings is 1. The lowest BCUT2D eigenvalue weighted by Crippen LogP contribution is -2.40. The minimum absolute atomic E-state index is 0.0292. The molecule has 1 saturated heterocycles. The smallest absolute Gasteiger partial charge is 0.256 e. The van der Waals surface area contributed by atoms with Gasteiger partial charge >= 0.3 is 0 Å². The second kappa shape index (κ2) is 8.97. The lowest BCUT2D eigenvalue weighted by atomic mass is 10.1. The van der Waals surface area contributed by atoms with Crippen LogP contribution < -0.4 is 5.32 Å². The molecule has 170 valence electrons. The van der Waals surface area contributed by atoms with Crippen molar-refractivity contribution in [3.8, 4) is 0 Å². The van der Waals surface area contributed by atoms with Gasteiger partial charge in [-0.3, -0.25) is 4.79 Å². The normalized spacial score (nSPS) is 18.8. The molecule has 0 spiro atoms. The van der Waals surface area contributed by atoms with Gasteiger partial charge in [0.2, 0.25) is 10.0 Å². The van der Waals surface area contributed by atoms with Crippen molar-refractivity contribution in [1.29, 1.82) is 0 Å². The monoisotopic (exact) mass is 463 g/mol. The van der Waals surface area contributed by atoms with Gasteiger partial charge in [0.15, 0.2) is 0 Å². The summed E-state index contributed by atoms with van der Waals surface area (Å²) in [5.74, 6) is -0.0292. The number of hydrogen-bond donors (Lipinski definition) is 1. The fraction of sp³-hybridized carbons (Fsp3) is 0.240. The number of amides is 1. The van der Waals surface area contributed by atoms with Crippen molar-refractivity contribution in [2.24, 2.45) is 0 Å². The van der Waals surface area contributed by atoms with Crippen LogP contribution in [0.3, 0.4) is 0 Å². The van der Waals surface area contributed by atoms with Crippen molar-refractivity contribution in [3.63, 3.8) is 0 Å². The van der Waals surface area contributed by atoms with E-state index >= 15 is 0 Å². The highest BCUT2D eigenvalue weighted by atomic mass is 32.2. The second-order valence-corrected chi connectivity index (χ2v) is 10.0. The third-order valence-corrected chi connectivity index (χ3v) is 7.93. The summed E-state index contributed by atoms with van der Waals surface area (Å²) in [6.07, 6.45) is -0.351. The predicted molar refractivity (Wildman–Crippen MR) is 125 cm³/mol. The van der Waals surface area contributed by atoms with Crippen LogP contribution in [0.4, 0.5) is 5.69 Å². The number of benzene rings is 3. The molecule has 0 aliphatic carbocycles. The number of hydrogen-bond acceptors (Lipinski definition) is 5. The molecule has 0 radical (unpaired) electrons. The number of carbonyl (C=O) groups is 1. The van der Waals surface area contributed by atoms with E-state index in [1.54, 1.807) is 29.2 Å². The molecule has 3 aromatic carbocycles. The van der Waals surface area contributed by atoms with Gasteiger partial charge < -0.3 is 15.0 Å². The summed E-state index contributed by atoms with van der Waals surface area (Å²) in [7, 11) is -3.55. The molecule has 1 fully saturated rings. The Kier molecular flexibility index (Phi) is 5.88. The van der Waals surface area contributed by atoms with Gasteiger partial charge in [0.1, 0.15) is 6.17 Å². The first-order valence-corrected chi connectivity index (χ1v) is 12.4. The van der Waals surface area contributed by atoms with E-state index in [2.05, 4.69) is 5.32 Å². The molecular formula is C25H25N3O4S. The van der Waals surface area contributed by atoms with Crippen molar-refractivity contribution < 1.29 is 17.9 Å². The zero-order valence-electron chi connectivity index (χ0n) is 18.1. The number of ether oxygens (including phenoxy) is 1. The average Bonchev–Trinajstić information content (AvgIpc) is 3.12. The number of rotatable bonds is 6. The molecular weight excluding hydrogens is 438 g/mol. The number of fused-ring (bicyclic) bond motifs is 1. The quantitative estimate of drug-likeness (QED) is 0.606. The lowest BCUT2D eigenvalue weighted by molar-refractivity contribution is 0.0728. The summed E-state index contributed by atoms with van der Waals surface area (Å²) in [4.78, 5) is 15.2. The van der Waals surface area contributed by atoms with Crippen molar-refractivity contribution in [2.75, 3.05) is 31.6 Å². The van der Waals surface area contributed by atoms with Crippen LogP contribution in [0, 0.1) is 0 Å². The van der Waals surface area contributed by atoms with E-state index in [0.29, 0.717) is 38.4 Å². The minimum Gasteiger partial charge on any atom is -0.379 e. The number of sulfonamides is 1. The van der Waals surface area contributed by atoms with Gasteiger partial charge in [-0.2, -0.15) is 4.31 Å². The van der Waals surface area contributed by atoms with E-state index in [-0.39, 0.29) is 17.0 Å². The summed E-state index contributed by atoms with van der Waals surface area (Å²) >= 11 is 0. The van der Waals surface area contributed by atoms with Gasteiger partial charge in [0, 0.05) is 36.4 Å². The molecule has 33 heavy (non-hydrogen) atoms. The van der Waals surface area contributed by atoms with Gasteiger partial charge in [-0.15, -0.1) is 0 Å². The number of nitrogens with zero attached hydrogens (tertiary/aromatic N) is 2. The molecule has 5 rings (SSSR count). The summed E-state index contributed by atoms with van der Waals surface area (Å²) < 4.78 is 32.5. The maximum Gasteiger partial charge on any atom is 0.256 e. The summed E-state index contributed by atoms with van der Waals surface area (Å²) in [6, 6.07) is 24.2. The molecule has 8 heteroatoms. The van der Waals surface area contributed by atoms with E-state index in [4.69, 9.17) is 4.74 Å². The molecule has 0 bridgehead atoms. The maximum atomic E-state index is 13.2. The molecule has 3 aromatic rings. The fourth-order valence-electron chi connectivity index (χ4n) is 4.29. The SMILES string of the molecule is O=C1c2ccccc2[C@H](Nc2ccc(S(=O)(=O)N3CCOCC3)cc2)N1Cc1ccccc1. The molecule has 7 nitrogen and oxygen atoms in total. The summed E-state index contributed by atoms with van der Waals surface area (Å²) in [6.45, 7) is 2.00. The molecule has 0 saturated carbocycles. The fourth-order valence-corrected chi connectivity index (χ4v) is 5.69. The Bertz CT molecular complexity index is 1240. The van der Waals surface area contributed by atoms with Gasteiger partial charge in [0.05, 0.1) is 18.1 Å². The Morgan fingerprint density at radius 2 is 1.55 bits per heavy atom. The van der Waals surface area contributed by atoms with Gasteiger partial charge in [0.25, 0.3) is 5.91 Å². The summed E-state index contributed by atoms with van der Waals surface area (Å²) in [5, 5.41) is 3.43. The van der Waals surface area contributed by atoms with E-state index in [9.17, 15) is 13.2 Å². The number of nitrogens with one attached hydrogen (secondary N) is 1. The van der Waals surface area contributed by atoms with Crippen LogP contribution >= 0.6 is 0 Å². The lowest BCUT2D eigenvalue weighted by Gasteiger charge is -2.28. The standard InChI is InChI=1S/C25H25N3O4S/c29-25-23-9-5-4-8-22(23)24(28(25)18-19-6-2-1-3-7-19)26-20-10-12-21(13-11-20)33(30,31)27-14-16-32-17-15-27/h1-13,24,26H,14-18H2/t24-/m1/s1. The van der Waals surface area contributed by atoms with Gasteiger partial charge in [-0.25, -0.2) is 8.42 Å². The Hall–Kier alpha value is -3.20. The zero-order valence-corrected chi connectivity index (χ0v) is 18.9. The molecule has 2 heterocycles. The highest BCUT2D eigenvalue weighted by Crippen LogP contribution is 2.35. The largest absolute Gasteiger partial charge is 0.379 e. The van der Waals surface area contributed by atoms with Crippen molar-refractivity contribution in [1.82, 2.24) is 9.21 Å². The third-order valence-electron chi connectivity index (χ3n) is 6.02. The van der Waals surface area contributed by atoms with Crippen molar-refractivity contribution in [2.45, 2.75) is 17.6 Å². The molecule has 0 aromatic heterocycles. The van der Waals surface area contributed by atoms with Crippen LogP contribution in [0.2, 0.25) is 0 Å². The Labute approximate surface area is 193 Å². The predicted octanol–water partition coefficient (Wildman–Crippen LogP) is 3.47. The molecule has 1 N–H and O–H groups in total.